The van der Waals surface area contributed by atoms with Gasteiger partial charge in [-0.1, -0.05) is 0 Å². The van der Waals surface area contributed by atoms with E-state index in [0.717, 1.165) is 25.8 Å². The van der Waals surface area contributed by atoms with E-state index in [0.29, 0.717) is 17.9 Å². The normalized spacial score (nSPS) is 17.3. The van der Waals surface area contributed by atoms with Gasteiger partial charge >= 0.3 is 0 Å². The molecule has 2 N–H and O–H groups in total. The van der Waals surface area contributed by atoms with Gasteiger partial charge in [0.2, 0.25) is 5.91 Å². The Kier molecular flexibility index (Phi) is 5.33. The number of carbonyl (C=O) groups is 2. The molecule has 2 aromatic rings. The van der Waals surface area contributed by atoms with E-state index in [1.807, 2.05) is 21.8 Å². The van der Waals surface area contributed by atoms with Crippen molar-refractivity contribution in [2.24, 2.45) is 5.73 Å². The zero-order chi connectivity index (χ0) is 17.6. The van der Waals surface area contributed by atoms with E-state index in [4.69, 9.17) is 10.5 Å². The number of rotatable bonds is 6. The van der Waals surface area contributed by atoms with Crippen LogP contribution < -0.4 is 10.5 Å². The molecule has 1 saturated heterocycles. The van der Waals surface area contributed by atoms with Crippen molar-refractivity contribution in [3.63, 3.8) is 0 Å². The number of carbonyl (C=O) groups excluding carboxylic acids is 2. The number of hydrogen-bond acceptors (Lipinski definition) is 4. The first-order valence-electron chi connectivity index (χ1n) is 8.43. The number of amides is 2. The Hall–Kier alpha value is -2.83. The Labute approximate surface area is 146 Å². The Bertz CT molecular complexity index is 712. The highest BCUT2D eigenvalue weighted by molar-refractivity contribution is 5.92. The molecule has 7 heteroatoms. The second-order valence-corrected chi connectivity index (χ2v) is 6.14. The molecule has 0 spiro atoms. The number of nitrogens with two attached hydrogens (primary N) is 1. The van der Waals surface area contributed by atoms with Crippen molar-refractivity contribution in [3.8, 4) is 5.75 Å². The minimum Gasteiger partial charge on any atom is -0.484 e. The average molecular weight is 342 g/mol. The molecule has 0 radical (unpaired) electrons. The molecule has 0 unspecified atom stereocenters. The standard InChI is InChI=1S/C18H22N4O3/c19-18(24)14-5-7-16(8-6-14)25-13-17(23)22-11-2-1-4-15(22)12-21-10-3-9-20-21/h3,5-10,15H,1-2,4,11-13H2,(H2,19,24)/t15-/m1/s1. The molecule has 1 aromatic heterocycles. The molecule has 25 heavy (non-hydrogen) atoms. The molecule has 2 amide bonds. The van der Waals surface area contributed by atoms with Crippen LogP contribution in [0, 0.1) is 0 Å². The summed E-state index contributed by atoms with van der Waals surface area (Å²) in [4.78, 5) is 25.5. The van der Waals surface area contributed by atoms with Crippen LogP contribution in [0.2, 0.25) is 0 Å². The SMILES string of the molecule is NC(=O)c1ccc(OCC(=O)N2CCCC[C@@H]2Cn2cccn2)cc1. The number of piperidine rings is 1. The predicted octanol–water partition coefficient (Wildman–Crippen LogP) is 1.44. The number of likely N-dealkylation sites (tertiary alicyclic amines) is 1. The molecule has 3 rings (SSSR count). The summed E-state index contributed by atoms with van der Waals surface area (Å²) in [6.07, 6.45) is 6.75. The van der Waals surface area contributed by atoms with Crippen LogP contribution in [0.3, 0.4) is 0 Å². The highest BCUT2D eigenvalue weighted by atomic mass is 16.5. The third kappa shape index (κ3) is 4.37. The van der Waals surface area contributed by atoms with Gasteiger partial charge in [0.05, 0.1) is 12.6 Å². The Balaban J connectivity index is 1.57. The molecule has 1 fully saturated rings. The Morgan fingerprint density at radius 2 is 2.04 bits per heavy atom. The number of nitrogens with zero attached hydrogens (tertiary/aromatic N) is 3. The maximum absolute atomic E-state index is 12.6. The molecule has 1 aromatic carbocycles. The molecule has 132 valence electrons. The van der Waals surface area contributed by atoms with E-state index in [1.54, 1.807) is 30.5 Å². The zero-order valence-corrected chi connectivity index (χ0v) is 14.0. The van der Waals surface area contributed by atoms with Crippen LogP contribution in [-0.2, 0) is 11.3 Å². The fourth-order valence-corrected chi connectivity index (χ4v) is 3.09. The van der Waals surface area contributed by atoms with Gasteiger partial charge in [0, 0.05) is 24.5 Å². The summed E-state index contributed by atoms with van der Waals surface area (Å²) in [7, 11) is 0. The lowest BCUT2D eigenvalue weighted by Gasteiger charge is -2.35. The van der Waals surface area contributed by atoms with Gasteiger partial charge < -0.3 is 15.4 Å². The number of ether oxygens (including phenoxy) is 1. The van der Waals surface area contributed by atoms with Crippen LogP contribution in [0.25, 0.3) is 0 Å². The first-order valence-corrected chi connectivity index (χ1v) is 8.43. The molecule has 0 saturated carbocycles. The summed E-state index contributed by atoms with van der Waals surface area (Å²) >= 11 is 0. The minimum absolute atomic E-state index is 0.0223. The second kappa shape index (κ2) is 7.83. The summed E-state index contributed by atoms with van der Waals surface area (Å²) in [6, 6.07) is 8.48. The van der Waals surface area contributed by atoms with Crippen molar-refractivity contribution in [1.82, 2.24) is 14.7 Å². The van der Waals surface area contributed by atoms with E-state index in [2.05, 4.69) is 5.10 Å². The Morgan fingerprint density at radius 3 is 2.72 bits per heavy atom. The van der Waals surface area contributed by atoms with E-state index in [-0.39, 0.29) is 18.6 Å². The third-order valence-electron chi connectivity index (χ3n) is 4.41. The predicted molar refractivity (Wildman–Crippen MR) is 92.0 cm³/mol. The molecule has 1 aliphatic rings. The summed E-state index contributed by atoms with van der Waals surface area (Å²) in [6.45, 7) is 1.42. The number of benzene rings is 1. The molecule has 1 aliphatic heterocycles. The molecule has 2 heterocycles. The highest BCUT2D eigenvalue weighted by Crippen LogP contribution is 2.19. The largest absolute Gasteiger partial charge is 0.484 e. The molecule has 0 bridgehead atoms. The van der Waals surface area contributed by atoms with Crippen molar-refractivity contribution in [1.29, 1.82) is 0 Å². The summed E-state index contributed by atoms with van der Waals surface area (Å²) in [5.41, 5.74) is 5.62. The summed E-state index contributed by atoms with van der Waals surface area (Å²) in [5.74, 6) is 0.0206. The van der Waals surface area contributed by atoms with Crippen LogP contribution in [0.5, 0.6) is 5.75 Å². The fraction of sp³-hybridized carbons (Fsp3) is 0.389. The van der Waals surface area contributed by atoms with E-state index >= 15 is 0 Å². The van der Waals surface area contributed by atoms with Crippen molar-refractivity contribution in [2.45, 2.75) is 31.8 Å². The first-order chi connectivity index (χ1) is 12.1. The van der Waals surface area contributed by atoms with Crippen molar-refractivity contribution < 1.29 is 14.3 Å². The fourth-order valence-electron chi connectivity index (χ4n) is 3.09. The lowest BCUT2D eigenvalue weighted by Crippen LogP contribution is -2.47. The number of aromatic nitrogens is 2. The van der Waals surface area contributed by atoms with Gasteiger partial charge in [0.1, 0.15) is 5.75 Å². The van der Waals surface area contributed by atoms with E-state index in [9.17, 15) is 9.59 Å². The van der Waals surface area contributed by atoms with Crippen molar-refractivity contribution >= 4 is 11.8 Å². The van der Waals surface area contributed by atoms with Crippen LogP contribution in [0.15, 0.2) is 42.7 Å². The van der Waals surface area contributed by atoms with Gasteiger partial charge in [0.15, 0.2) is 6.61 Å². The van der Waals surface area contributed by atoms with Gasteiger partial charge in [-0.25, -0.2) is 0 Å². The van der Waals surface area contributed by atoms with Crippen LogP contribution in [-0.4, -0.2) is 45.7 Å². The highest BCUT2D eigenvalue weighted by Gasteiger charge is 2.27. The van der Waals surface area contributed by atoms with Crippen molar-refractivity contribution in [2.75, 3.05) is 13.2 Å². The number of hydrogen-bond donors (Lipinski definition) is 1. The molecule has 1 atom stereocenters. The van der Waals surface area contributed by atoms with Crippen LogP contribution in [0.1, 0.15) is 29.6 Å². The minimum atomic E-state index is -0.489. The third-order valence-corrected chi connectivity index (χ3v) is 4.41. The first kappa shape index (κ1) is 17.0. The van der Waals surface area contributed by atoms with Gasteiger partial charge in [-0.15, -0.1) is 0 Å². The van der Waals surface area contributed by atoms with Gasteiger partial charge in [0.25, 0.3) is 5.91 Å². The topological polar surface area (TPSA) is 90.5 Å². The smallest absolute Gasteiger partial charge is 0.260 e. The lowest BCUT2D eigenvalue weighted by atomic mass is 10.0. The maximum atomic E-state index is 12.6. The molecular formula is C18H22N4O3. The molecule has 0 aliphatic carbocycles. The zero-order valence-electron chi connectivity index (χ0n) is 14.0. The van der Waals surface area contributed by atoms with E-state index in [1.165, 1.54) is 0 Å². The van der Waals surface area contributed by atoms with Crippen LogP contribution in [0.4, 0.5) is 0 Å². The van der Waals surface area contributed by atoms with Crippen molar-refractivity contribution in [3.05, 3.63) is 48.3 Å². The molecular weight excluding hydrogens is 320 g/mol. The Morgan fingerprint density at radius 1 is 1.24 bits per heavy atom. The summed E-state index contributed by atoms with van der Waals surface area (Å²) < 4.78 is 7.43. The van der Waals surface area contributed by atoms with Crippen LogP contribution >= 0.6 is 0 Å². The average Bonchev–Trinajstić information content (AvgIpc) is 3.13. The number of primary amides is 1. The van der Waals surface area contributed by atoms with Gasteiger partial charge in [-0.2, -0.15) is 5.10 Å². The van der Waals surface area contributed by atoms with E-state index < -0.39 is 5.91 Å². The molecule has 7 nitrogen and oxygen atoms in total. The maximum Gasteiger partial charge on any atom is 0.260 e. The summed E-state index contributed by atoms with van der Waals surface area (Å²) in [5, 5.41) is 4.23. The van der Waals surface area contributed by atoms with Gasteiger partial charge in [-0.05, 0) is 49.6 Å². The monoisotopic (exact) mass is 342 g/mol. The quantitative estimate of drug-likeness (QED) is 0.860. The second-order valence-electron chi connectivity index (χ2n) is 6.14. The lowest BCUT2D eigenvalue weighted by molar-refractivity contribution is -0.137. The van der Waals surface area contributed by atoms with Gasteiger partial charge in [-0.3, -0.25) is 14.3 Å².